The van der Waals surface area contributed by atoms with Gasteiger partial charge in [-0.05, 0) is 104 Å². The quantitative estimate of drug-likeness (QED) is 0.168. The zero-order valence-electron chi connectivity index (χ0n) is 30.0. The molecule has 0 N–H and O–H groups in total. The Morgan fingerprint density at radius 1 is 0.436 bits per heavy atom. The maximum Gasteiger partial charge on any atom is 0.0893 e. The Morgan fingerprint density at radius 3 is 1.73 bits per heavy atom. The summed E-state index contributed by atoms with van der Waals surface area (Å²) in [5.41, 5.74) is 11.9. The highest BCUT2D eigenvalue weighted by Crippen LogP contribution is 2.44. The Kier molecular flexibility index (Phi) is 7.93. The van der Waals surface area contributed by atoms with Gasteiger partial charge in [0.2, 0.25) is 0 Å². The van der Waals surface area contributed by atoms with E-state index in [1.54, 1.807) is 6.21 Å². The third-order valence-electron chi connectivity index (χ3n) is 10.4. The number of fused-ring (bicyclic) bond motifs is 4. The number of allylic oxidation sites excluding steroid dienone is 3. The van der Waals surface area contributed by atoms with Crippen molar-refractivity contribution in [2.75, 3.05) is 5.01 Å². The van der Waals surface area contributed by atoms with Gasteiger partial charge in [-0.3, -0.25) is 0 Å². The second-order valence-corrected chi connectivity index (χ2v) is 13.7. The minimum absolute atomic E-state index is 0.817. The van der Waals surface area contributed by atoms with Crippen molar-refractivity contribution in [3.63, 3.8) is 0 Å². The van der Waals surface area contributed by atoms with E-state index in [1.807, 2.05) is 47.5 Å². The van der Waals surface area contributed by atoms with Crippen LogP contribution in [0.3, 0.4) is 0 Å². The number of rotatable bonds is 5. The molecule has 0 radical (unpaired) electrons. The lowest BCUT2D eigenvalue weighted by Crippen LogP contribution is -2.11. The van der Waals surface area contributed by atoms with Gasteiger partial charge in [-0.15, -0.1) is 0 Å². The molecule has 55 heavy (non-hydrogen) atoms. The summed E-state index contributed by atoms with van der Waals surface area (Å²) in [6.07, 6.45) is 5.70. The first-order valence-corrected chi connectivity index (χ1v) is 18.5. The molecule has 4 nitrogen and oxygen atoms in total. The summed E-state index contributed by atoms with van der Waals surface area (Å²) in [4.78, 5) is 10.5. The number of anilines is 2. The van der Waals surface area contributed by atoms with Crippen LogP contribution in [-0.2, 0) is 0 Å². The topological polar surface area (TPSA) is 41.4 Å². The summed E-state index contributed by atoms with van der Waals surface area (Å²) in [6, 6.07) is 61.7. The molecular formula is C51H34N4. The zero-order valence-corrected chi connectivity index (χ0v) is 30.0. The molecule has 0 spiro atoms. The van der Waals surface area contributed by atoms with Crippen molar-refractivity contribution in [1.29, 1.82) is 0 Å². The van der Waals surface area contributed by atoms with Crippen molar-refractivity contribution in [3.05, 3.63) is 200 Å². The van der Waals surface area contributed by atoms with Crippen molar-refractivity contribution in [2.24, 2.45) is 5.10 Å². The van der Waals surface area contributed by atoms with Crippen LogP contribution in [0.15, 0.2) is 200 Å². The summed E-state index contributed by atoms with van der Waals surface area (Å²) in [6.45, 7) is 4.26. The number of hydrogen-bond acceptors (Lipinski definition) is 4. The van der Waals surface area contributed by atoms with Gasteiger partial charge in [-0.2, -0.15) is 5.10 Å². The molecule has 1 aliphatic rings. The molecule has 0 saturated heterocycles. The SMILES string of the molecule is C=C1/C=C\C=N/N(c2ccc(-c3cccc(-c4cccc(-c5c6ccccc6c(-c6ccc7ccccc7c6)c6ccccc56)n4)n3)cc2)c2ccccc21. The Balaban J connectivity index is 1.04. The second-order valence-electron chi connectivity index (χ2n) is 13.7. The van der Waals surface area contributed by atoms with Crippen LogP contribution >= 0.6 is 0 Å². The molecule has 1 aliphatic heterocycles. The van der Waals surface area contributed by atoms with Crippen LogP contribution in [0.25, 0.3) is 82.9 Å². The summed E-state index contributed by atoms with van der Waals surface area (Å²) in [7, 11) is 0. The van der Waals surface area contributed by atoms with E-state index in [1.165, 1.54) is 43.4 Å². The molecule has 0 bridgehead atoms. The number of pyridine rings is 2. The van der Waals surface area contributed by atoms with Crippen LogP contribution in [0.5, 0.6) is 0 Å². The smallest absolute Gasteiger partial charge is 0.0893 e. The molecule has 4 heteroatoms. The van der Waals surface area contributed by atoms with Crippen molar-refractivity contribution >= 4 is 55.5 Å². The average molecular weight is 703 g/mol. The fourth-order valence-corrected chi connectivity index (χ4v) is 7.84. The van der Waals surface area contributed by atoms with Gasteiger partial charge in [-0.25, -0.2) is 15.0 Å². The van der Waals surface area contributed by atoms with E-state index >= 15 is 0 Å². The molecule has 0 amide bonds. The molecular weight excluding hydrogens is 669 g/mol. The first-order chi connectivity index (χ1) is 27.2. The van der Waals surface area contributed by atoms with E-state index in [-0.39, 0.29) is 0 Å². The summed E-state index contributed by atoms with van der Waals surface area (Å²) < 4.78 is 0. The summed E-state index contributed by atoms with van der Waals surface area (Å²) >= 11 is 0. The maximum absolute atomic E-state index is 5.31. The number of aromatic nitrogens is 2. The van der Waals surface area contributed by atoms with Gasteiger partial charge in [0.05, 0.1) is 34.2 Å². The van der Waals surface area contributed by atoms with Crippen LogP contribution in [0.1, 0.15) is 5.56 Å². The van der Waals surface area contributed by atoms with Gasteiger partial charge in [0.1, 0.15) is 0 Å². The third-order valence-corrected chi connectivity index (χ3v) is 10.4. The predicted molar refractivity (Wildman–Crippen MR) is 232 cm³/mol. The number of nitrogens with zero attached hydrogens (tertiary/aromatic N) is 4. The molecule has 0 saturated carbocycles. The Hall–Kier alpha value is -7.43. The van der Waals surface area contributed by atoms with Crippen LogP contribution in [-0.4, -0.2) is 16.2 Å². The van der Waals surface area contributed by atoms with Gasteiger partial charge in [0, 0.05) is 22.9 Å². The van der Waals surface area contributed by atoms with Crippen LogP contribution in [0.2, 0.25) is 0 Å². The zero-order chi connectivity index (χ0) is 36.7. The van der Waals surface area contributed by atoms with Crippen molar-refractivity contribution in [2.45, 2.75) is 0 Å². The highest BCUT2D eigenvalue weighted by Gasteiger charge is 2.19. The van der Waals surface area contributed by atoms with E-state index in [4.69, 9.17) is 15.1 Å². The molecule has 0 unspecified atom stereocenters. The summed E-state index contributed by atoms with van der Waals surface area (Å²) in [5.74, 6) is 0. The maximum atomic E-state index is 5.31. The molecule has 3 heterocycles. The molecule has 7 aromatic carbocycles. The molecule has 0 fully saturated rings. The van der Waals surface area contributed by atoms with E-state index < -0.39 is 0 Å². The van der Waals surface area contributed by atoms with Crippen molar-refractivity contribution in [1.82, 2.24) is 9.97 Å². The van der Waals surface area contributed by atoms with Gasteiger partial charge in [-0.1, -0.05) is 140 Å². The highest BCUT2D eigenvalue weighted by atomic mass is 15.5. The summed E-state index contributed by atoms with van der Waals surface area (Å²) in [5, 5.41) is 13.9. The van der Waals surface area contributed by atoms with Crippen molar-refractivity contribution in [3.8, 4) is 45.0 Å². The first-order valence-electron chi connectivity index (χ1n) is 18.5. The lowest BCUT2D eigenvalue weighted by Gasteiger charge is -2.23. The molecule has 2 aromatic heterocycles. The van der Waals surface area contributed by atoms with Crippen LogP contribution < -0.4 is 5.01 Å². The Morgan fingerprint density at radius 2 is 1.00 bits per heavy atom. The largest absolute Gasteiger partial charge is 0.246 e. The minimum Gasteiger partial charge on any atom is -0.246 e. The first kappa shape index (κ1) is 32.2. The third kappa shape index (κ3) is 5.77. The van der Waals surface area contributed by atoms with E-state index in [0.29, 0.717) is 0 Å². The lowest BCUT2D eigenvalue weighted by atomic mass is 9.86. The average Bonchev–Trinajstić information content (AvgIpc) is 3.25. The molecule has 0 aliphatic carbocycles. The molecule has 0 atom stereocenters. The van der Waals surface area contributed by atoms with Gasteiger partial charge in [0.25, 0.3) is 0 Å². The Labute approximate surface area is 319 Å². The Bertz CT molecular complexity index is 2950. The van der Waals surface area contributed by atoms with Gasteiger partial charge < -0.3 is 0 Å². The fraction of sp³-hybridized carbons (Fsp3) is 0. The monoisotopic (exact) mass is 702 g/mol. The number of benzene rings is 7. The number of para-hydroxylation sites is 1. The fourth-order valence-electron chi connectivity index (χ4n) is 7.84. The van der Waals surface area contributed by atoms with Gasteiger partial charge >= 0.3 is 0 Å². The molecule has 258 valence electrons. The molecule has 10 rings (SSSR count). The van der Waals surface area contributed by atoms with E-state index in [2.05, 4.69) is 152 Å². The van der Waals surface area contributed by atoms with Gasteiger partial charge in [0.15, 0.2) is 0 Å². The van der Waals surface area contributed by atoms with E-state index in [9.17, 15) is 0 Å². The van der Waals surface area contributed by atoms with Crippen LogP contribution in [0.4, 0.5) is 11.4 Å². The predicted octanol–water partition coefficient (Wildman–Crippen LogP) is 13.3. The molecule has 9 aromatic rings. The normalized spacial score (nSPS) is 13.7. The van der Waals surface area contributed by atoms with Crippen LogP contribution in [0, 0.1) is 0 Å². The van der Waals surface area contributed by atoms with Crippen molar-refractivity contribution < 1.29 is 0 Å². The number of hydrogen-bond donors (Lipinski definition) is 0. The number of hydrazone groups is 1. The lowest BCUT2D eigenvalue weighted by molar-refractivity contribution is 1.09. The highest BCUT2D eigenvalue weighted by molar-refractivity contribution is 6.21. The minimum atomic E-state index is 0.817. The second kappa shape index (κ2) is 13.5. The van der Waals surface area contributed by atoms with E-state index in [0.717, 1.165) is 56.4 Å². The standard InChI is InChI=1S/C51H34N4/c1-34-13-12-32-52-55(49-25-9-8-16-40(34)49)39-30-28-36(29-31-39)45-21-10-22-46(53-45)47-23-11-24-48(54-47)51-43-19-6-4-17-41(43)50(42-18-5-7-20-44(42)51)38-27-26-35-14-2-3-15-37(35)33-38/h2-33H,1H2/b13-12-,52-32-.